The number of hydrogen-bond donors (Lipinski definition) is 0. The molecule has 2 aromatic rings. The summed E-state index contributed by atoms with van der Waals surface area (Å²) in [6.07, 6.45) is 9.44. The standard InChI is InChI=1S/C29H42N2O2/c1-3-5-7-17-30(20-28-22-32-28)26-13-9-24(10-14-26)19-25-11-15-27(16-12-25)31(18-8-6-4-2)21-29-23-33-29/h9-16,28-29H,3-8,17-23H2,1-2H3. The van der Waals surface area contributed by atoms with Gasteiger partial charge in [0.25, 0.3) is 0 Å². The molecule has 2 heterocycles. The van der Waals surface area contributed by atoms with Crippen LogP contribution in [0.4, 0.5) is 11.4 Å². The number of hydrogen-bond acceptors (Lipinski definition) is 4. The Labute approximate surface area is 200 Å². The Balaban J connectivity index is 1.33. The first-order chi connectivity index (χ1) is 16.2. The van der Waals surface area contributed by atoms with Crippen LogP contribution in [-0.2, 0) is 15.9 Å². The van der Waals surface area contributed by atoms with E-state index in [1.54, 1.807) is 0 Å². The van der Waals surface area contributed by atoms with Gasteiger partial charge in [0.15, 0.2) is 0 Å². The molecule has 2 fully saturated rings. The van der Waals surface area contributed by atoms with Crippen molar-refractivity contribution < 1.29 is 9.47 Å². The van der Waals surface area contributed by atoms with Crippen molar-refractivity contribution in [2.75, 3.05) is 49.2 Å². The molecule has 0 saturated carbocycles. The van der Waals surface area contributed by atoms with Crippen molar-refractivity contribution in [1.29, 1.82) is 0 Å². The molecule has 0 aromatic heterocycles. The second-order valence-electron chi connectivity index (χ2n) is 9.73. The van der Waals surface area contributed by atoms with Gasteiger partial charge in [0.05, 0.1) is 25.4 Å². The average Bonchev–Trinajstić information content (AvgIpc) is 3.76. The van der Waals surface area contributed by atoms with Crippen molar-refractivity contribution in [3.8, 4) is 0 Å². The topological polar surface area (TPSA) is 31.5 Å². The maximum Gasteiger partial charge on any atom is 0.0984 e. The summed E-state index contributed by atoms with van der Waals surface area (Å²) in [5.41, 5.74) is 5.39. The molecule has 2 unspecified atom stereocenters. The fourth-order valence-corrected chi connectivity index (χ4v) is 4.48. The highest BCUT2D eigenvalue weighted by atomic mass is 16.6. The summed E-state index contributed by atoms with van der Waals surface area (Å²) in [7, 11) is 0. The van der Waals surface area contributed by atoms with Crippen molar-refractivity contribution in [1.82, 2.24) is 0 Å². The van der Waals surface area contributed by atoms with Crippen LogP contribution in [0.5, 0.6) is 0 Å². The van der Waals surface area contributed by atoms with Gasteiger partial charge in [-0.1, -0.05) is 63.8 Å². The van der Waals surface area contributed by atoms with E-state index in [0.717, 1.165) is 45.8 Å². The monoisotopic (exact) mass is 450 g/mol. The van der Waals surface area contributed by atoms with Gasteiger partial charge in [-0.2, -0.15) is 0 Å². The minimum absolute atomic E-state index is 0.429. The largest absolute Gasteiger partial charge is 0.371 e. The Bertz CT molecular complexity index is 743. The Hall–Kier alpha value is -2.04. The predicted octanol–water partition coefficient (Wildman–Crippen LogP) is 6.07. The fraction of sp³-hybridized carbons (Fsp3) is 0.586. The van der Waals surface area contributed by atoms with E-state index in [1.165, 1.54) is 61.0 Å². The molecule has 4 rings (SSSR count). The van der Waals surface area contributed by atoms with E-state index in [2.05, 4.69) is 72.2 Å². The molecule has 180 valence electrons. The van der Waals surface area contributed by atoms with Crippen LogP contribution in [-0.4, -0.2) is 51.6 Å². The van der Waals surface area contributed by atoms with Gasteiger partial charge in [0.1, 0.15) is 0 Å². The Kier molecular flexibility index (Phi) is 9.08. The van der Waals surface area contributed by atoms with Gasteiger partial charge in [0.2, 0.25) is 0 Å². The van der Waals surface area contributed by atoms with Gasteiger partial charge in [-0.15, -0.1) is 0 Å². The van der Waals surface area contributed by atoms with E-state index in [1.807, 2.05) is 0 Å². The third kappa shape index (κ3) is 8.04. The van der Waals surface area contributed by atoms with Crippen LogP contribution in [0, 0.1) is 0 Å². The average molecular weight is 451 g/mol. The minimum atomic E-state index is 0.429. The van der Waals surface area contributed by atoms with Crippen LogP contribution < -0.4 is 9.80 Å². The molecule has 33 heavy (non-hydrogen) atoms. The summed E-state index contributed by atoms with van der Waals surface area (Å²) in [6, 6.07) is 18.4. The highest BCUT2D eigenvalue weighted by Gasteiger charge is 2.26. The first-order valence-corrected chi connectivity index (χ1v) is 13.2. The van der Waals surface area contributed by atoms with Gasteiger partial charge in [-0.25, -0.2) is 0 Å². The van der Waals surface area contributed by atoms with Crippen molar-refractivity contribution in [2.45, 2.75) is 71.0 Å². The predicted molar refractivity (Wildman–Crippen MR) is 139 cm³/mol. The van der Waals surface area contributed by atoms with Crippen LogP contribution in [0.15, 0.2) is 48.5 Å². The van der Waals surface area contributed by atoms with Crippen LogP contribution in [0.25, 0.3) is 0 Å². The summed E-state index contributed by atoms with van der Waals surface area (Å²) in [5.74, 6) is 0. The second-order valence-corrected chi connectivity index (χ2v) is 9.73. The summed E-state index contributed by atoms with van der Waals surface area (Å²) < 4.78 is 11.0. The lowest BCUT2D eigenvalue weighted by Crippen LogP contribution is -2.28. The first kappa shape index (κ1) is 24.1. The van der Waals surface area contributed by atoms with Gasteiger partial charge < -0.3 is 19.3 Å². The molecular weight excluding hydrogens is 408 g/mol. The second kappa shape index (κ2) is 12.4. The molecule has 4 heteroatoms. The van der Waals surface area contributed by atoms with E-state index in [0.29, 0.717) is 12.2 Å². The maximum absolute atomic E-state index is 5.50. The summed E-state index contributed by atoms with van der Waals surface area (Å²) in [6.45, 7) is 10.6. The number of unbranched alkanes of at least 4 members (excludes halogenated alkanes) is 4. The quantitative estimate of drug-likeness (QED) is 0.229. The van der Waals surface area contributed by atoms with E-state index in [4.69, 9.17) is 9.47 Å². The third-order valence-electron chi connectivity index (χ3n) is 6.73. The number of anilines is 2. The van der Waals surface area contributed by atoms with Crippen LogP contribution in [0.1, 0.15) is 63.5 Å². The Morgan fingerprint density at radius 2 is 1.03 bits per heavy atom. The lowest BCUT2D eigenvalue weighted by Gasteiger charge is -2.25. The highest BCUT2D eigenvalue weighted by molar-refractivity contribution is 5.50. The van der Waals surface area contributed by atoms with Crippen LogP contribution in [0.3, 0.4) is 0 Å². The zero-order valence-corrected chi connectivity index (χ0v) is 20.7. The molecule has 4 nitrogen and oxygen atoms in total. The van der Waals surface area contributed by atoms with Crippen molar-refractivity contribution in [3.05, 3.63) is 59.7 Å². The van der Waals surface area contributed by atoms with Crippen molar-refractivity contribution in [2.24, 2.45) is 0 Å². The summed E-state index contributed by atoms with van der Waals surface area (Å²) in [4.78, 5) is 5.01. The lowest BCUT2D eigenvalue weighted by atomic mass is 10.0. The van der Waals surface area contributed by atoms with E-state index < -0.39 is 0 Å². The number of epoxide rings is 2. The number of nitrogens with zero attached hydrogens (tertiary/aromatic N) is 2. The van der Waals surface area contributed by atoms with E-state index >= 15 is 0 Å². The highest BCUT2D eigenvalue weighted by Crippen LogP contribution is 2.24. The third-order valence-corrected chi connectivity index (χ3v) is 6.73. The molecule has 0 aliphatic carbocycles. The fourth-order valence-electron chi connectivity index (χ4n) is 4.48. The maximum atomic E-state index is 5.50. The molecule has 0 radical (unpaired) electrons. The van der Waals surface area contributed by atoms with Gasteiger partial charge in [-0.05, 0) is 54.7 Å². The first-order valence-electron chi connectivity index (χ1n) is 13.2. The van der Waals surface area contributed by atoms with E-state index in [9.17, 15) is 0 Å². The van der Waals surface area contributed by atoms with Crippen molar-refractivity contribution in [3.63, 3.8) is 0 Å². The van der Waals surface area contributed by atoms with Crippen LogP contribution in [0.2, 0.25) is 0 Å². The van der Waals surface area contributed by atoms with Gasteiger partial charge in [-0.3, -0.25) is 0 Å². The molecule has 2 aliphatic heterocycles. The molecule has 2 atom stereocenters. The molecule has 0 bridgehead atoms. The Morgan fingerprint density at radius 3 is 1.36 bits per heavy atom. The number of benzene rings is 2. The van der Waals surface area contributed by atoms with Crippen molar-refractivity contribution >= 4 is 11.4 Å². The molecule has 0 N–H and O–H groups in total. The smallest absolute Gasteiger partial charge is 0.0984 e. The lowest BCUT2D eigenvalue weighted by molar-refractivity contribution is 0.406. The number of rotatable bonds is 16. The SMILES string of the molecule is CCCCCN(CC1CO1)c1ccc(Cc2ccc(N(CCCCC)CC3CO3)cc2)cc1. The Morgan fingerprint density at radius 1 is 0.636 bits per heavy atom. The normalized spacial score (nSPS) is 18.8. The summed E-state index contributed by atoms with van der Waals surface area (Å²) >= 11 is 0. The molecule has 0 amide bonds. The molecule has 2 saturated heterocycles. The van der Waals surface area contributed by atoms with Gasteiger partial charge >= 0.3 is 0 Å². The van der Waals surface area contributed by atoms with Gasteiger partial charge in [0, 0.05) is 37.6 Å². The minimum Gasteiger partial charge on any atom is -0.371 e. The molecule has 2 aromatic carbocycles. The zero-order valence-electron chi connectivity index (χ0n) is 20.7. The summed E-state index contributed by atoms with van der Waals surface area (Å²) in [5, 5.41) is 0. The molecular formula is C29H42N2O2. The zero-order chi connectivity index (χ0) is 22.9. The van der Waals surface area contributed by atoms with E-state index in [-0.39, 0.29) is 0 Å². The molecule has 2 aliphatic rings. The molecule has 0 spiro atoms. The van der Waals surface area contributed by atoms with Crippen LogP contribution >= 0.6 is 0 Å². The number of ether oxygens (including phenoxy) is 2.